The lowest BCUT2D eigenvalue weighted by molar-refractivity contribution is -0.137. The highest BCUT2D eigenvalue weighted by Gasteiger charge is 2.40. The molecule has 136 valence electrons. The van der Waals surface area contributed by atoms with Gasteiger partial charge in [0.1, 0.15) is 0 Å². The van der Waals surface area contributed by atoms with E-state index >= 15 is 0 Å². The molecule has 0 saturated carbocycles. The Morgan fingerprint density at radius 2 is 2.24 bits per heavy atom. The van der Waals surface area contributed by atoms with Crippen molar-refractivity contribution in [2.24, 2.45) is 5.92 Å². The smallest absolute Gasteiger partial charge is 0.228 e. The average molecular weight is 365 g/mol. The van der Waals surface area contributed by atoms with E-state index in [1.807, 2.05) is 19.1 Å². The predicted octanol–water partition coefficient (Wildman–Crippen LogP) is 0.466. The zero-order valence-corrected chi connectivity index (χ0v) is 15.1. The van der Waals surface area contributed by atoms with Crippen LogP contribution in [0.1, 0.15) is 25.3 Å². The molecule has 2 aliphatic heterocycles. The third-order valence-electron chi connectivity index (χ3n) is 4.93. The largest absolute Gasteiger partial charge is 0.339 e. The van der Waals surface area contributed by atoms with Crippen molar-refractivity contribution in [2.45, 2.75) is 32.4 Å². The molecule has 3 heterocycles. The van der Waals surface area contributed by atoms with E-state index in [4.69, 9.17) is 0 Å². The summed E-state index contributed by atoms with van der Waals surface area (Å²) in [6, 6.07) is 3.46. The second-order valence-electron chi connectivity index (χ2n) is 6.72. The van der Waals surface area contributed by atoms with Crippen molar-refractivity contribution in [3.05, 3.63) is 30.1 Å². The van der Waals surface area contributed by atoms with Crippen LogP contribution in [0.2, 0.25) is 0 Å². The summed E-state index contributed by atoms with van der Waals surface area (Å²) in [6.45, 7) is 3.14. The first-order valence-corrected chi connectivity index (χ1v) is 10.4. The Bertz CT molecular complexity index is 750. The first-order chi connectivity index (χ1) is 11.9. The molecule has 2 saturated heterocycles. The van der Waals surface area contributed by atoms with Gasteiger partial charge in [0, 0.05) is 44.5 Å². The van der Waals surface area contributed by atoms with Crippen molar-refractivity contribution >= 4 is 21.7 Å². The number of rotatable bonds is 5. The highest BCUT2D eigenvalue weighted by molar-refractivity contribution is 7.91. The zero-order chi connectivity index (χ0) is 18.0. The Hall–Kier alpha value is -1.96. The molecule has 2 fully saturated rings. The van der Waals surface area contributed by atoms with Crippen molar-refractivity contribution < 1.29 is 18.0 Å². The number of hydrogen-bond donors (Lipinski definition) is 0. The Balaban J connectivity index is 1.65. The van der Waals surface area contributed by atoms with E-state index in [9.17, 15) is 18.0 Å². The predicted molar refractivity (Wildman–Crippen MR) is 92.2 cm³/mol. The maximum Gasteiger partial charge on any atom is 0.228 e. The van der Waals surface area contributed by atoms with Crippen molar-refractivity contribution in [1.29, 1.82) is 0 Å². The van der Waals surface area contributed by atoms with Gasteiger partial charge in [0.05, 0.1) is 17.4 Å². The van der Waals surface area contributed by atoms with E-state index in [0.29, 0.717) is 26.1 Å². The fraction of sp³-hybridized carbons (Fsp3) is 0.588. The van der Waals surface area contributed by atoms with Crippen LogP contribution in [0.25, 0.3) is 0 Å². The molecule has 25 heavy (non-hydrogen) atoms. The molecule has 3 rings (SSSR count). The van der Waals surface area contributed by atoms with Crippen LogP contribution >= 0.6 is 0 Å². The molecule has 2 amide bonds. The van der Waals surface area contributed by atoms with Crippen molar-refractivity contribution in [3.8, 4) is 0 Å². The summed E-state index contributed by atoms with van der Waals surface area (Å²) in [5.41, 5.74) is 0.929. The Morgan fingerprint density at radius 3 is 2.84 bits per heavy atom. The molecule has 0 radical (unpaired) electrons. The molecular formula is C17H23N3O4S. The molecule has 7 nitrogen and oxygen atoms in total. The normalized spacial score (nSPS) is 25.3. The van der Waals surface area contributed by atoms with Crippen LogP contribution in [-0.2, 0) is 26.0 Å². The van der Waals surface area contributed by atoms with Crippen molar-refractivity contribution in [2.75, 3.05) is 24.6 Å². The van der Waals surface area contributed by atoms with Gasteiger partial charge in [-0.15, -0.1) is 0 Å². The lowest BCUT2D eigenvalue weighted by Crippen LogP contribution is -2.44. The summed E-state index contributed by atoms with van der Waals surface area (Å²) in [7, 11) is -3.05. The molecule has 2 unspecified atom stereocenters. The highest BCUT2D eigenvalue weighted by Crippen LogP contribution is 2.25. The van der Waals surface area contributed by atoms with E-state index < -0.39 is 15.8 Å². The standard InChI is InChI=1S/C17H23N3O4S/c1-2-20(15-5-7-25(23,24)12-15)17(22)14-8-16(21)19(11-14)10-13-4-3-6-18-9-13/h3-4,6,9,14-15H,2,5,7-8,10-12H2,1H3. The number of pyridine rings is 1. The van der Waals surface area contributed by atoms with Gasteiger partial charge in [0.25, 0.3) is 0 Å². The van der Waals surface area contributed by atoms with Crippen LogP contribution in [0.4, 0.5) is 0 Å². The lowest BCUT2D eigenvalue weighted by Gasteiger charge is -2.29. The molecule has 0 aromatic carbocycles. The van der Waals surface area contributed by atoms with Gasteiger partial charge in [-0.1, -0.05) is 6.07 Å². The third-order valence-corrected chi connectivity index (χ3v) is 6.68. The summed E-state index contributed by atoms with van der Waals surface area (Å²) in [5, 5.41) is 0. The van der Waals surface area contributed by atoms with E-state index in [1.165, 1.54) is 0 Å². The number of amides is 2. The van der Waals surface area contributed by atoms with Crippen LogP contribution in [0.15, 0.2) is 24.5 Å². The molecule has 0 bridgehead atoms. The number of carbonyl (C=O) groups is 2. The average Bonchev–Trinajstić information content (AvgIpc) is 3.12. The van der Waals surface area contributed by atoms with Crippen molar-refractivity contribution in [1.82, 2.24) is 14.8 Å². The minimum atomic E-state index is -3.05. The molecule has 1 aromatic heterocycles. The summed E-state index contributed by atoms with van der Waals surface area (Å²) in [4.78, 5) is 32.5. The minimum Gasteiger partial charge on any atom is -0.339 e. The molecule has 1 aromatic rings. The number of carbonyl (C=O) groups excluding carboxylic acids is 2. The Morgan fingerprint density at radius 1 is 1.44 bits per heavy atom. The number of sulfone groups is 1. The molecule has 0 N–H and O–H groups in total. The monoisotopic (exact) mass is 365 g/mol. The van der Waals surface area contributed by atoms with Gasteiger partial charge in [-0.05, 0) is 25.0 Å². The Kier molecular flexibility index (Phi) is 5.08. The first kappa shape index (κ1) is 17.8. The van der Waals surface area contributed by atoms with Gasteiger partial charge in [0.15, 0.2) is 9.84 Å². The number of nitrogens with zero attached hydrogens (tertiary/aromatic N) is 3. The lowest BCUT2D eigenvalue weighted by atomic mass is 10.1. The topological polar surface area (TPSA) is 87.7 Å². The molecule has 2 atom stereocenters. The van der Waals surface area contributed by atoms with Gasteiger partial charge in [-0.2, -0.15) is 0 Å². The van der Waals surface area contributed by atoms with Crippen LogP contribution in [-0.4, -0.2) is 65.7 Å². The van der Waals surface area contributed by atoms with Gasteiger partial charge in [-0.25, -0.2) is 8.42 Å². The summed E-state index contributed by atoms with van der Waals surface area (Å²) in [6.07, 6.45) is 4.07. The second-order valence-corrected chi connectivity index (χ2v) is 8.95. The van der Waals surface area contributed by atoms with Crippen LogP contribution in [0, 0.1) is 5.92 Å². The van der Waals surface area contributed by atoms with Crippen LogP contribution in [0.5, 0.6) is 0 Å². The van der Waals surface area contributed by atoms with Crippen LogP contribution in [0.3, 0.4) is 0 Å². The molecule has 2 aliphatic rings. The second kappa shape index (κ2) is 7.11. The number of aromatic nitrogens is 1. The highest BCUT2D eigenvalue weighted by atomic mass is 32.2. The quantitative estimate of drug-likeness (QED) is 0.757. The molecule has 0 aliphatic carbocycles. The van der Waals surface area contributed by atoms with E-state index in [1.54, 1.807) is 22.2 Å². The maximum atomic E-state index is 12.9. The van der Waals surface area contributed by atoms with Gasteiger partial charge >= 0.3 is 0 Å². The summed E-state index contributed by atoms with van der Waals surface area (Å²) < 4.78 is 23.4. The fourth-order valence-corrected chi connectivity index (χ4v) is 5.38. The minimum absolute atomic E-state index is 0.0344. The first-order valence-electron chi connectivity index (χ1n) is 8.57. The van der Waals surface area contributed by atoms with Gasteiger partial charge < -0.3 is 9.80 Å². The van der Waals surface area contributed by atoms with Gasteiger partial charge in [0.2, 0.25) is 11.8 Å². The maximum absolute atomic E-state index is 12.9. The molecular weight excluding hydrogens is 342 g/mol. The van der Waals surface area contributed by atoms with Gasteiger partial charge in [-0.3, -0.25) is 14.6 Å². The fourth-order valence-electron chi connectivity index (χ4n) is 3.65. The molecule has 8 heteroatoms. The summed E-state index contributed by atoms with van der Waals surface area (Å²) in [5.74, 6) is -0.374. The third kappa shape index (κ3) is 4.00. The Labute approximate surface area is 147 Å². The van der Waals surface area contributed by atoms with E-state index in [0.717, 1.165) is 5.56 Å². The van der Waals surface area contributed by atoms with Crippen LogP contribution < -0.4 is 0 Å². The number of hydrogen-bond acceptors (Lipinski definition) is 5. The van der Waals surface area contributed by atoms with E-state index in [2.05, 4.69) is 4.98 Å². The van der Waals surface area contributed by atoms with E-state index in [-0.39, 0.29) is 35.8 Å². The SMILES string of the molecule is CCN(C(=O)C1CC(=O)N(Cc2cccnc2)C1)C1CCS(=O)(=O)C1. The zero-order valence-electron chi connectivity index (χ0n) is 14.3. The van der Waals surface area contributed by atoms with Crippen molar-refractivity contribution in [3.63, 3.8) is 0 Å². The number of likely N-dealkylation sites (tertiary alicyclic amines) is 1. The molecule has 0 spiro atoms. The summed E-state index contributed by atoms with van der Waals surface area (Å²) >= 11 is 0.